The number of fused-ring (bicyclic) bond motifs is 1. The third-order valence-corrected chi connectivity index (χ3v) is 6.17. The molecular weight excluding hydrogens is 260 g/mol. The Morgan fingerprint density at radius 2 is 1.94 bits per heavy atom. The zero-order valence-corrected chi connectivity index (χ0v) is 11.6. The van der Waals surface area contributed by atoms with E-state index in [4.69, 9.17) is 0 Å². The summed E-state index contributed by atoms with van der Waals surface area (Å²) in [5, 5.41) is 3.46. The van der Waals surface area contributed by atoms with Crippen molar-refractivity contribution in [2.45, 2.75) is 31.7 Å². The summed E-state index contributed by atoms with van der Waals surface area (Å²) in [5.74, 6) is 1.42. The lowest BCUT2D eigenvalue weighted by Crippen LogP contribution is -2.47. The maximum Gasteiger partial charge on any atom is 0.214 e. The van der Waals surface area contributed by atoms with Crippen LogP contribution >= 0.6 is 12.4 Å². The van der Waals surface area contributed by atoms with Crippen LogP contribution in [0.25, 0.3) is 0 Å². The van der Waals surface area contributed by atoms with Crippen molar-refractivity contribution in [3.63, 3.8) is 0 Å². The highest BCUT2D eigenvalue weighted by molar-refractivity contribution is 7.89. The number of rotatable bonds is 3. The molecule has 17 heavy (non-hydrogen) atoms. The van der Waals surface area contributed by atoms with Gasteiger partial charge < -0.3 is 5.32 Å². The number of sulfonamides is 1. The Hall–Kier alpha value is 0.160. The molecule has 0 spiro atoms. The molecule has 2 aliphatic heterocycles. The molecule has 3 aliphatic rings. The lowest BCUT2D eigenvalue weighted by atomic mass is 9.95. The van der Waals surface area contributed by atoms with E-state index in [1.807, 2.05) is 0 Å². The molecule has 2 heterocycles. The van der Waals surface area contributed by atoms with Gasteiger partial charge in [-0.05, 0) is 44.1 Å². The fourth-order valence-electron chi connectivity index (χ4n) is 2.95. The molecule has 0 radical (unpaired) electrons. The Morgan fingerprint density at radius 1 is 1.18 bits per heavy atom. The van der Waals surface area contributed by atoms with E-state index in [0.29, 0.717) is 23.6 Å². The first-order chi connectivity index (χ1) is 7.65. The molecule has 0 bridgehead atoms. The summed E-state index contributed by atoms with van der Waals surface area (Å²) in [4.78, 5) is 0. The van der Waals surface area contributed by atoms with E-state index >= 15 is 0 Å². The minimum Gasteiger partial charge on any atom is -0.314 e. The first kappa shape index (κ1) is 13.6. The van der Waals surface area contributed by atoms with Gasteiger partial charge in [-0.2, -0.15) is 0 Å². The maximum atomic E-state index is 12.1. The Morgan fingerprint density at radius 3 is 2.65 bits per heavy atom. The fourth-order valence-corrected chi connectivity index (χ4v) is 4.90. The number of piperidine rings is 1. The molecule has 6 heteroatoms. The van der Waals surface area contributed by atoms with Crippen molar-refractivity contribution in [2.75, 3.05) is 25.4 Å². The smallest absolute Gasteiger partial charge is 0.214 e. The van der Waals surface area contributed by atoms with Crippen LogP contribution in [-0.2, 0) is 10.0 Å². The van der Waals surface area contributed by atoms with Crippen molar-refractivity contribution < 1.29 is 8.42 Å². The van der Waals surface area contributed by atoms with E-state index in [0.717, 1.165) is 45.3 Å². The van der Waals surface area contributed by atoms with Gasteiger partial charge in [0.15, 0.2) is 0 Å². The molecule has 1 aliphatic carbocycles. The van der Waals surface area contributed by atoms with Gasteiger partial charge in [0.1, 0.15) is 0 Å². The molecule has 0 aromatic carbocycles. The van der Waals surface area contributed by atoms with Crippen LogP contribution in [0.2, 0.25) is 0 Å². The van der Waals surface area contributed by atoms with Gasteiger partial charge in [0, 0.05) is 19.1 Å². The van der Waals surface area contributed by atoms with Gasteiger partial charge in [-0.3, -0.25) is 0 Å². The lowest BCUT2D eigenvalue weighted by Gasteiger charge is -2.34. The van der Waals surface area contributed by atoms with Crippen LogP contribution in [0.4, 0.5) is 0 Å². The van der Waals surface area contributed by atoms with Crippen molar-refractivity contribution in [1.82, 2.24) is 9.62 Å². The molecule has 0 aromatic rings. The van der Waals surface area contributed by atoms with E-state index in [1.165, 1.54) is 0 Å². The summed E-state index contributed by atoms with van der Waals surface area (Å²) >= 11 is 0. The fraction of sp³-hybridized carbons (Fsp3) is 1.00. The quantitative estimate of drug-likeness (QED) is 0.833. The largest absolute Gasteiger partial charge is 0.314 e. The molecule has 2 atom stereocenters. The molecule has 2 saturated heterocycles. The molecule has 3 fully saturated rings. The average Bonchev–Trinajstić information content (AvgIpc) is 2.93. The molecular formula is C11H21ClN2O2S. The first-order valence-corrected chi connectivity index (χ1v) is 7.97. The maximum absolute atomic E-state index is 12.1. The van der Waals surface area contributed by atoms with E-state index in [-0.39, 0.29) is 12.4 Å². The Kier molecular flexibility index (Phi) is 4.02. The van der Waals surface area contributed by atoms with Crippen LogP contribution in [0.1, 0.15) is 25.7 Å². The molecule has 100 valence electrons. The standard InChI is InChI=1S/C11H20N2O2S.ClH/c14-16(15,8-9-1-2-9)13-6-4-11-10(7-13)3-5-12-11;/h9-12H,1-8H2;1H. The molecule has 1 saturated carbocycles. The second-order valence-corrected chi connectivity index (χ2v) is 7.49. The van der Waals surface area contributed by atoms with Crippen molar-refractivity contribution in [3.8, 4) is 0 Å². The first-order valence-electron chi connectivity index (χ1n) is 6.36. The van der Waals surface area contributed by atoms with Crippen LogP contribution in [0.5, 0.6) is 0 Å². The van der Waals surface area contributed by atoms with Crippen molar-refractivity contribution in [1.29, 1.82) is 0 Å². The Bertz CT molecular complexity index is 370. The predicted molar refractivity (Wildman–Crippen MR) is 69.8 cm³/mol. The topological polar surface area (TPSA) is 49.4 Å². The van der Waals surface area contributed by atoms with Gasteiger partial charge in [0.25, 0.3) is 0 Å². The summed E-state index contributed by atoms with van der Waals surface area (Å²) in [6.07, 6.45) is 4.36. The summed E-state index contributed by atoms with van der Waals surface area (Å²) < 4.78 is 26.0. The zero-order chi connectivity index (χ0) is 11.2. The van der Waals surface area contributed by atoms with Gasteiger partial charge in [-0.15, -0.1) is 12.4 Å². The minimum absolute atomic E-state index is 0. The highest BCUT2D eigenvalue weighted by Gasteiger charge is 2.39. The van der Waals surface area contributed by atoms with E-state index < -0.39 is 10.0 Å². The molecule has 0 aromatic heterocycles. The SMILES string of the molecule is Cl.O=S(=O)(CC1CC1)N1CCC2NCCC2C1. The van der Waals surface area contributed by atoms with Crippen LogP contribution in [0, 0.1) is 11.8 Å². The Balaban J connectivity index is 0.00000108. The van der Waals surface area contributed by atoms with Gasteiger partial charge in [0.05, 0.1) is 5.75 Å². The van der Waals surface area contributed by atoms with Gasteiger partial charge in [-0.1, -0.05) is 0 Å². The third-order valence-electron chi connectivity index (χ3n) is 4.15. The average molecular weight is 281 g/mol. The van der Waals surface area contributed by atoms with Crippen molar-refractivity contribution in [3.05, 3.63) is 0 Å². The number of halogens is 1. The Labute approximate surface area is 110 Å². The number of nitrogens with zero attached hydrogens (tertiary/aromatic N) is 1. The van der Waals surface area contributed by atoms with Crippen molar-refractivity contribution >= 4 is 22.4 Å². The molecule has 2 unspecified atom stereocenters. The highest BCUT2D eigenvalue weighted by Crippen LogP contribution is 2.33. The van der Waals surface area contributed by atoms with Crippen LogP contribution in [-0.4, -0.2) is 44.2 Å². The van der Waals surface area contributed by atoms with Crippen LogP contribution in [0.15, 0.2) is 0 Å². The van der Waals surface area contributed by atoms with Crippen LogP contribution < -0.4 is 5.32 Å². The van der Waals surface area contributed by atoms with E-state index in [2.05, 4.69) is 5.32 Å². The normalized spacial score (nSPS) is 34.1. The zero-order valence-electron chi connectivity index (χ0n) is 9.97. The minimum atomic E-state index is -2.95. The monoisotopic (exact) mass is 280 g/mol. The summed E-state index contributed by atoms with van der Waals surface area (Å²) in [6, 6.07) is 0.576. The predicted octanol–water partition coefficient (Wildman–Crippen LogP) is 0.832. The highest BCUT2D eigenvalue weighted by atomic mass is 35.5. The number of hydrogen-bond acceptors (Lipinski definition) is 3. The number of nitrogens with one attached hydrogen (secondary N) is 1. The summed E-state index contributed by atoms with van der Waals surface area (Å²) in [7, 11) is -2.95. The molecule has 0 amide bonds. The summed E-state index contributed by atoms with van der Waals surface area (Å²) in [5.41, 5.74) is 0. The molecule has 1 N–H and O–H groups in total. The third kappa shape index (κ3) is 2.95. The lowest BCUT2D eigenvalue weighted by molar-refractivity contribution is 0.247. The van der Waals surface area contributed by atoms with Gasteiger partial charge >= 0.3 is 0 Å². The second kappa shape index (κ2) is 5.03. The van der Waals surface area contributed by atoms with Gasteiger partial charge in [0.2, 0.25) is 10.0 Å². The molecule has 3 rings (SSSR count). The van der Waals surface area contributed by atoms with E-state index in [9.17, 15) is 8.42 Å². The number of hydrogen-bond donors (Lipinski definition) is 1. The van der Waals surface area contributed by atoms with Crippen molar-refractivity contribution in [2.24, 2.45) is 11.8 Å². The van der Waals surface area contributed by atoms with E-state index in [1.54, 1.807) is 4.31 Å². The van der Waals surface area contributed by atoms with Gasteiger partial charge in [-0.25, -0.2) is 12.7 Å². The van der Waals surface area contributed by atoms with Crippen LogP contribution in [0.3, 0.4) is 0 Å². The molecule has 4 nitrogen and oxygen atoms in total. The summed E-state index contributed by atoms with van der Waals surface area (Å²) in [6.45, 7) is 2.54. The second-order valence-electron chi connectivity index (χ2n) is 5.48.